The highest BCUT2D eigenvalue weighted by Gasteiger charge is 2.15. The molecule has 104 valence electrons. The summed E-state index contributed by atoms with van der Waals surface area (Å²) in [6.07, 6.45) is 0. The van der Waals surface area contributed by atoms with Crippen molar-refractivity contribution in [3.8, 4) is 0 Å². The summed E-state index contributed by atoms with van der Waals surface area (Å²) in [5, 5.41) is 14.3. The highest BCUT2D eigenvalue weighted by Crippen LogP contribution is 2.14. The van der Waals surface area contributed by atoms with Crippen molar-refractivity contribution in [2.45, 2.75) is 4.90 Å². The number of benzene rings is 1. The van der Waals surface area contributed by atoms with Gasteiger partial charge in [0.15, 0.2) is 5.82 Å². The van der Waals surface area contributed by atoms with Gasteiger partial charge >= 0.3 is 5.97 Å². The average Bonchev–Trinajstić information content (AvgIpc) is 2.41. The quantitative estimate of drug-likeness (QED) is 0.742. The van der Waals surface area contributed by atoms with Crippen LogP contribution in [0.15, 0.2) is 46.1 Å². The molecule has 0 aliphatic carbocycles. The SMILES string of the molecule is O=C(O)c1ccc(S(=O)(=O)Nc2ccc(=O)[nH]n2)cc1. The van der Waals surface area contributed by atoms with Crippen LogP contribution < -0.4 is 10.3 Å². The average molecular weight is 295 g/mol. The highest BCUT2D eigenvalue weighted by molar-refractivity contribution is 7.92. The molecule has 0 aliphatic rings. The van der Waals surface area contributed by atoms with Gasteiger partial charge in [-0.15, -0.1) is 0 Å². The van der Waals surface area contributed by atoms with Gasteiger partial charge in [0.25, 0.3) is 15.6 Å². The van der Waals surface area contributed by atoms with Crippen molar-refractivity contribution < 1.29 is 18.3 Å². The molecule has 9 heteroatoms. The maximum Gasteiger partial charge on any atom is 0.335 e. The lowest BCUT2D eigenvalue weighted by Crippen LogP contribution is -2.16. The molecule has 1 aromatic heterocycles. The van der Waals surface area contributed by atoms with Crippen LogP contribution >= 0.6 is 0 Å². The van der Waals surface area contributed by atoms with Crippen LogP contribution in [-0.4, -0.2) is 29.7 Å². The second-order valence-corrected chi connectivity index (χ2v) is 5.42. The molecule has 0 amide bonds. The molecule has 0 bridgehead atoms. The molecule has 2 aromatic rings. The van der Waals surface area contributed by atoms with Crippen molar-refractivity contribution in [2.75, 3.05) is 4.72 Å². The Morgan fingerprint density at radius 1 is 1.15 bits per heavy atom. The molecule has 0 radical (unpaired) electrons. The number of aromatic carboxylic acids is 1. The molecule has 20 heavy (non-hydrogen) atoms. The second-order valence-electron chi connectivity index (χ2n) is 3.74. The molecule has 0 unspecified atom stereocenters. The number of aromatic amines is 1. The molecule has 1 aromatic carbocycles. The standard InChI is InChI=1S/C11H9N3O5S/c15-10-6-5-9(12-13-10)14-20(18,19)8-3-1-7(2-4-8)11(16)17/h1-6H,(H,12,14)(H,13,15)(H,16,17). The minimum Gasteiger partial charge on any atom is -0.478 e. The Balaban J connectivity index is 2.28. The Kier molecular flexibility index (Phi) is 3.53. The minimum absolute atomic E-state index is 0.0221. The lowest BCUT2D eigenvalue weighted by atomic mass is 10.2. The smallest absolute Gasteiger partial charge is 0.335 e. The van der Waals surface area contributed by atoms with Crippen LogP contribution in [0, 0.1) is 0 Å². The summed E-state index contributed by atoms with van der Waals surface area (Å²) in [6, 6.07) is 7.02. The Labute approximate surface area is 113 Å². The molecule has 0 saturated carbocycles. The maximum absolute atomic E-state index is 12.0. The van der Waals surface area contributed by atoms with Crippen LogP contribution in [-0.2, 0) is 10.0 Å². The number of carbonyl (C=O) groups is 1. The van der Waals surface area contributed by atoms with Crippen molar-refractivity contribution in [1.29, 1.82) is 0 Å². The van der Waals surface area contributed by atoms with Crippen LogP contribution in [0.4, 0.5) is 5.82 Å². The summed E-state index contributed by atoms with van der Waals surface area (Å²) in [6.45, 7) is 0. The number of nitrogens with zero attached hydrogens (tertiary/aromatic N) is 1. The summed E-state index contributed by atoms with van der Waals surface area (Å²) < 4.78 is 26.1. The number of sulfonamides is 1. The van der Waals surface area contributed by atoms with Gasteiger partial charge in [-0.2, -0.15) is 5.10 Å². The molecule has 0 saturated heterocycles. The van der Waals surface area contributed by atoms with E-state index in [2.05, 4.69) is 14.9 Å². The fourth-order valence-corrected chi connectivity index (χ4v) is 2.38. The molecule has 0 fully saturated rings. The van der Waals surface area contributed by atoms with Gasteiger partial charge in [-0.25, -0.2) is 18.3 Å². The van der Waals surface area contributed by atoms with Crippen LogP contribution in [0.1, 0.15) is 10.4 Å². The van der Waals surface area contributed by atoms with Crippen LogP contribution in [0.3, 0.4) is 0 Å². The van der Waals surface area contributed by atoms with Crippen LogP contribution in [0.2, 0.25) is 0 Å². The van der Waals surface area contributed by atoms with Gasteiger partial charge in [-0.1, -0.05) is 0 Å². The molecule has 1 heterocycles. The first-order valence-corrected chi connectivity index (χ1v) is 6.79. The summed E-state index contributed by atoms with van der Waals surface area (Å²) in [5.74, 6) is -1.20. The zero-order valence-electron chi connectivity index (χ0n) is 9.90. The number of anilines is 1. The first-order valence-electron chi connectivity index (χ1n) is 5.30. The third kappa shape index (κ3) is 3.01. The fourth-order valence-electron chi connectivity index (χ4n) is 1.37. The van der Waals surface area contributed by atoms with E-state index in [1.165, 1.54) is 18.2 Å². The normalized spacial score (nSPS) is 11.0. The number of nitrogens with one attached hydrogen (secondary N) is 2. The van der Waals surface area contributed by atoms with Gasteiger partial charge < -0.3 is 5.11 Å². The third-order valence-corrected chi connectivity index (χ3v) is 3.70. The third-order valence-electron chi connectivity index (χ3n) is 2.33. The maximum atomic E-state index is 12.0. The van der Waals surface area contributed by atoms with Crippen molar-refractivity contribution in [1.82, 2.24) is 10.2 Å². The molecule has 8 nitrogen and oxygen atoms in total. The van der Waals surface area contributed by atoms with E-state index in [-0.39, 0.29) is 16.3 Å². The van der Waals surface area contributed by atoms with Gasteiger partial charge in [0.1, 0.15) is 0 Å². The van der Waals surface area contributed by atoms with Crippen molar-refractivity contribution in [3.05, 3.63) is 52.3 Å². The molecule has 0 spiro atoms. The number of carboxylic acid groups (broad SMARTS) is 1. The first-order chi connectivity index (χ1) is 9.38. The highest BCUT2D eigenvalue weighted by atomic mass is 32.2. The second kappa shape index (κ2) is 5.13. The van der Waals surface area contributed by atoms with Gasteiger partial charge in [-0.05, 0) is 30.3 Å². The number of hydrogen-bond acceptors (Lipinski definition) is 5. The number of carboxylic acids is 1. The lowest BCUT2D eigenvalue weighted by Gasteiger charge is -2.06. The molecular formula is C11H9N3O5S. The minimum atomic E-state index is -3.90. The first kappa shape index (κ1) is 13.7. The summed E-state index contributed by atoms with van der Waals surface area (Å²) >= 11 is 0. The monoisotopic (exact) mass is 295 g/mol. The van der Waals surface area contributed by atoms with E-state index >= 15 is 0 Å². The van der Waals surface area contributed by atoms with E-state index in [0.717, 1.165) is 18.2 Å². The molecule has 0 atom stereocenters. The molecular weight excluding hydrogens is 286 g/mol. The van der Waals surface area contributed by atoms with Crippen LogP contribution in [0.5, 0.6) is 0 Å². The lowest BCUT2D eigenvalue weighted by molar-refractivity contribution is 0.0697. The molecule has 3 N–H and O–H groups in total. The van der Waals surface area contributed by atoms with Gasteiger partial charge in [0.2, 0.25) is 0 Å². The number of H-pyrrole nitrogens is 1. The van der Waals surface area contributed by atoms with E-state index in [4.69, 9.17) is 5.11 Å². The summed E-state index contributed by atoms with van der Waals surface area (Å²) in [5.41, 5.74) is -0.482. The van der Waals surface area contributed by atoms with Crippen molar-refractivity contribution in [2.24, 2.45) is 0 Å². The predicted molar refractivity (Wildman–Crippen MR) is 69.1 cm³/mol. The molecule has 0 aliphatic heterocycles. The van der Waals surface area contributed by atoms with Gasteiger partial charge in [0.05, 0.1) is 10.5 Å². The Hall–Kier alpha value is -2.68. The molecule has 2 rings (SSSR count). The zero-order chi connectivity index (χ0) is 14.8. The Morgan fingerprint density at radius 3 is 2.30 bits per heavy atom. The van der Waals surface area contributed by atoms with E-state index in [1.54, 1.807) is 0 Å². The zero-order valence-corrected chi connectivity index (χ0v) is 10.7. The van der Waals surface area contributed by atoms with E-state index in [1.807, 2.05) is 0 Å². The van der Waals surface area contributed by atoms with Gasteiger partial charge in [0, 0.05) is 6.07 Å². The summed E-state index contributed by atoms with van der Waals surface area (Å²) in [4.78, 5) is 21.4. The van der Waals surface area contributed by atoms with E-state index in [9.17, 15) is 18.0 Å². The van der Waals surface area contributed by atoms with Crippen molar-refractivity contribution in [3.63, 3.8) is 0 Å². The predicted octanol–water partition coefficient (Wildman–Crippen LogP) is 0.269. The van der Waals surface area contributed by atoms with Crippen molar-refractivity contribution >= 4 is 21.8 Å². The largest absolute Gasteiger partial charge is 0.478 e. The van der Waals surface area contributed by atoms with E-state index in [0.29, 0.717) is 0 Å². The number of rotatable bonds is 4. The Morgan fingerprint density at radius 2 is 1.80 bits per heavy atom. The van der Waals surface area contributed by atoms with Gasteiger partial charge in [-0.3, -0.25) is 9.52 Å². The topological polar surface area (TPSA) is 129 Å². The van der Waals surface area contributed by atoms with Crippen LogP contribution in [0.25, 0.3) is 0 Å². The summed E-state index contributed by atoms with van der Waals surface area (Å²) in [7, 11) is -3.90. The number of aromatic nitrogens is 2. The number of hydrogen-bond donors (Lipinski definition) is 3. The van der Waals surface area contributed by atoms with E-state index < -0.39 is 21.6 Å². The fraction of sp³-hybridized carbons (Fsp3) is 0. The Bertz CT molecular complexity index is 775.